The van der Waals surface area contributed by atoms with E-state index >= 15 is 0 Å². The maximum Gasteiger partial charge on any atom is 0.142 e. The number of nitrogens with zero attached hydrogens (tertiary/aromatic N) is 5. The highest BCUT2D eigenvalue weighted by atomic mass is 15.2. The van der Waals surface area contributed by atoms with Crippen molar-refractivity contribution in [2.75, 3.05) is 11.9 Å². The molecule has 0 N–H and O–H groups in total. The minimum atomic E-state index is 0.431. The Hall–Kier alpha value is -2.35. The first-order valence-corrected chi connectivity index (χ1v) is 5.25. The lowest BCUT2D eigenvalue weighted by Crippen LogP contribution is -2.17. The molecule has 0 radical (unpaired) electrons. The highest BCUT2D eigenvalue weighted by Gasteiger charge is 2.05. The summed E-state index contributed by atoms with van der Waals surface area (Å²) in [6, 6.07) is 7.45. The zero-order chi connectivity index (χ0) is 12.3. The molecule has 2 aromatic rings. The Morgan fingerprint density at radius 3 is 2.94 bits per heavy atom. The van der Waals surface area contributed by atoms with Gasteiger partial charge in [-0.1, -0.05) is 6.07 Å². The zero-order valence-corrected chi connectivity index (χ0v) is 9.83. The number of nitriles is 1. The molecule has 0 aliphatic rings. The van der Waals surface area contributed by atoms with E-state index in [0.717, 1.165) is 17.9 Å². The van der Waals surface area contributed by atoms with Gasteiger partial charge in [0, 0.05) is 32.4 Å². The summed E-state index contributed by atoms with van der Waals surface area (Å²) in [6.07, 6.45) is 3.79. The Kier molecular flexibility index (Phi) is 3.06. The minimum Gasteiger partial charge on any atom is -0.355 e. The predicted octanol–water partition coefficient (Wildman–Crippen LogP) is 1.32. The molecule has 0 amide bonds. The molecule has 2 heterocycles. The third-order valence-electron chi connectivity index (χ3n) is 2.42. The molecule has 86 valence electrons. The van der Waals surface area contributed by atoms with Crippen LogP contribution in [0.1, 0.15) is 11.3 Å². The van der Waals surface area contributed by atoms with Gasteiger partial charge in [-0.05, 0) is 12.1 Å². The van der Waals surface area contributed by atoms with Crippen LogP contribution in [0.5, 0.6) is 0 Å². The predicted molar refractivity (Wildman–Crippen MR) is 64.3 cm³/mol. The lowest BCUT2D eigenvalue weighted by Gasteiger charge is -2.16. The molecule has 0 saturated carbocycles. The molecule has 2 rings (SSSR count). The maximum absolute atomic E-state index is 8.79. The second-order valence-corrected chi connectivity index (χ2v) is 3.87. The second kappa shape index (κ2) is 4.66. The average Bonchev–Trinajstić information content (AvgIpc) is 2.75. The van der Waals surface area contributed by atoms with Crippen molar-refractivity contribution in [2.45, 2.75) is 6.54 Å². The summed E-state index contributed by atoms with van der Waals surface area (Å²) in [4.78, 5) is 6.22. The van der Waals surface area contributed by atoms with E-state index in [1.54, 1.807) is 10.7 Å². The van der Waals surface area contributed by atoms with Crippen molar-refractivity contribution in [3.05, 3.63) is 41.9 Å². The van der Waals surface area contributed by atoms with E-state index in [9.17, 15) is 0 Å². The molecule has 0 aliphatic heterocycles. The largest absolute Gasteiger partial charge is 0.355 e. The van der Waals surface area contributed by atoms with Crippen LogP contribution in [0.25, 0.3) is 0 Å². The number of hydrogen-bond acceptors (Lipinski definition) is 4. The standard InChI is InChI=1S/C12H13N5/c1-16(8-10-7-14-17(2)9-10)12-5-3-4-11(6-13)15-12/h3-5,7,9H,8H2,1-2H3. The third-order valence-corrected chi connectivity index (χ3v) is 2.42. The molecule has 0 saturated heterocycles. The molecule has 5 nitrogen and oxygen atoms in total. The average molecular weight is 227 g/mol. The van der Waals surface area contributed by atoms with Gasteiger partial charge in [-0.3, -0.25) is 4.68 Å². The fourth-order valence-corrected chi connectivity index (χ4v) is 1.61. The van der Waals surface area contributed by atoms with Gasteiger partial charge in [-0.25, -0.2) is 4.98 Å². The first-order valence-electron chi connectivity index (χ1n) is 5.25. The number of pyridine rings is 1. The zero-order valence-electron chi connectivity index (χ0n) is 9.83. The molecule has 0 fully saturated rings. The number of aryl methyl sites for hydroxylation is 1. The highest BCUT2D eigenvalue weighted by molar-refractivity contribution is 5.41. The fourth-order valence-electron chi connectivity index (χ4n) is 1.61. The first kappa shape index (κ1) is 11.1. The first-order chi connectivity index (χ1) is 8.19. The van der Waals surface area contributed by atoms with Crippen molar-refractivity contribution in [2.24, 2.45) is 7.05 Å². The van der Waals surface area contributed by atoms with E-state index in [-0.39, 0.29) is 0 Å². The van der Waals surface area contributed by atoms with Crippen LogP contribution in [0.15, 0.2) is 30.6 Å². The van der Waals surface area contributed by atoms with Crippen LogP contribution < -0.4 is 4.90 Å². The van der Waals surface area contributed by atoms with Gasteiger partial charge in [0.1, 0.15) is 17.6 Å². The summed E-state index contributed by atoms with van der Waals surface area (Å²) in [5.41, 5.74) is 1.54. The summed E-state index contributed by atoms with van der Waals surface area (Å²) in [7, 11) is 3.83. The number of hydrogen-bond donors (Lipinski definition) is 0. The van der Waals surface area contributed by atoms with Crippen LogP contribution in [0.4, 0.5) is 5.82 Å². The quantitative estimate of drug-likeness (QED) is 0.793. The van der Waals surface area contributed by atoms with Gasteiger partial charge in [-0.2, -0.15) is 10.4 Å². The molecule has 0 spiro atoms. The maximum atomic E-state index is 8.79. The van der Waals surface area contributed by atoms with Gasteiger partial charge in [0.25, 0.3) is 0 Å². The van der Waals surface area contributed by atoms with Gasteiger partial charge < -0.3 is 4.90 Å². The van der Waals surface area contributed by atoms with Crippen molar-refractivity contribution < 1.29 is 0 Å². The SMILES string of the molecule is CN(Cc1cnn(C)c1)c1cccc(C#N)n1. The molecule has 0 aromatic carbocycles. The monoisotopic (exact) mass is 227 g/mol. The van der Waals surface area contributed by atoms with Crippen molar-refractivity contribution in [3.63, 3.8) is 0 Å². The van der Waals surface area contributed by atoms with E-state index in [1.165, 1.54) is 0 Å². The van der Waals surface area contributed by atoms with Gasteiger partial charge in [0.15, 0.2) is 0 Å². The lowest BCUT2D eigenvalue weighted by molar-refractivity contribution is 0.766. The van der Waals surface area contributed by atoms with Crippen molar-refractivity contribution in [1.29, 1.82) is 5.26 Å². The van der Waals surface area contributed by atoms with Gasteiger partial charge in [-0.15, -0.1) is 0 Å². The molecular formula is C12H13N5. The van der Waals surface area contributed by atoms with E-state index < -0.39 is 0 Å². The molecule has 17 heavy (non-hydrogen) atoms. The normalized spacial score (nSPS) is 9.94. The van der Waals surface area contributed by atoms with Crippen molar-refractivity contribution in [3.8, 4) is 6.07 Å². The Morgan fingerprint density at radius 1 is 1.47 bits per heavy atom. The van der Waals surface area contributed by atoms with Crippen LogP contribution in [0.2, 0.25) is 0 Å². The van der Waals surface area contributed by atoms with Gasteiger partial charge in [0.05, 0.1) is 6.20 Å². The summed E-state index contributed by atoms with van der Waals surface area (Å²) in [5.74, 6) is 0.785. The van der Waals surface area contributed by atoms with Crippen molar-refractivity contribution >= 4 is 5.82 Å². The molecule has 0 unspecified atom stereocenters. The molecule has 0 atom stereocenters. The molecular weight excluding hydrogens is 214 g/mol. The Balaban J connectivity index is 2.14. The number of rotatable bonds is 3. The van der Waals surface area contributed by atoms with E-state index in [0.29, 0.717) is 5.69 Å². The Morgan fingerprint density at radius 2 is 2.29 bits per heavy atom. The summed E-state index contributed by atoms with van der Waals surface area (Å²) in [6.45, 7) is 0.718. The minimum absolute atomic E-state index is 0.431. The smallest absolute Gasteiger partial charge is 0.142 e. The van der Waals surface area contributed by atoms with Gasteiger partial charge >= 0.3 is 0 Å². The molecule has 0 aliphatic carbocycles. The van der Waals surface area contributed by atoms with Crippen LogP contribution in [-0.4, -0.2) is 21.8 Å². The highest BCUT2D eigenvalue weighted by Crippen LogP contribution is 2.12. The van der Waals surface area contributed by atoms with Gasteiger partial charge in [0.2, 0.25) is 0 Å². The summed E-state index contributed by atoms with van der Waals surface area (Å²) < 4.78 is 1.77. The van der Waals surface area contributed by atoms with Crippen LogP contribution in [0.3, 0.4) is 0 Å². The number of aromatic nitrogens is 3. The molecule has 5 heteroatoms. The van der Waals surface area contributed by atoms with Crippen molar-refractivity contribution in [1.82, 2.24) is 14.8 Å². The van der Waals surface area contributed by atoms with Crippen LogP contribution in [0, 0.1) is 11.3 Å². The molecule has 2 aromatic heterocycles. The third kappa shape index (κ3) is 2.61. The fraction of sp³-hybridized carbons (Fsp3) is 0.250. The molecule has 0 bridgehead atoms. The summed E-state index contributed by atoms with van der Waals surface area (Å²) >= 11 is 0. The van der Waals surface area contributed by atoms with E-state index in [4.69, 9.17) is 5.26 Å². The Labute approximate surface area is 99.9 Å². The Bertz CT molecular complexity index is 552. The summed E-state index contributed by atoms with van der Waals surface area (Å²) in [5, 5.41) is 12.9. The van der Waals surface area contributed by atoms with Crippen LogP contribution in [-0.2, 0) is 13.6 Å². The second-order valence-electron chi connectivity index (χ2n) is 3.87. The number of anilines is 1. The van der Waals surface area contributed by atoms with E-state index in [1.807, 2.05) is 49.6 Å². The van der Waals surface area contributed by atoms with Crippen LogP contribution >= 0.6 is 0 Å². The van der Waals surface area contributed by atoms with E-state index in [2.05, 4.69) is 10.1 Å². The lowest BCUT2D eigenvalue weighted by atomic mass is 10.3. The topological polar surface area (TPSA) is 57.7 Å².